The number of amidine groups is 2. The summed E-state index contributed by atoms with van der Waals surface area (Å²) in [4.78, 5) is 4.59. The summed E-state index contributed by atoms with van der Waals surface area (Å²) in [6, 6.07) is 12.9. The highest BCUT2D eigenvalue weighted by atomic mass is 14.9. The van der Waals surface area contributed by atoms with Crippen LogP contribution < -0.4 is 5.73 Å². The Bertz CT molecular complexity index is 995. The molecule has 0 saturated heterocycles. The zero-order chi connectivity index (χ0) is 25.6. The maximum Gasteiger partial charge on any atom is 0.154 e. The van der Waals surface area contributed by atoms with Crippen molar-refractivity contribution in [3.05, 3.63) is 69.8 Å². The van der Waals surface area contributed by atoms with Crippen molar-refractivity contribution < 1.29 is 0 Å². The first-order chi connectivity index (χ1) is 14.7. The number of hydrogen-bond donors (Lipinski definition) is 2. The standard InChI is InChI=1S/C30H45N3/c1-27(2,3)21-13-19(14-22(17-21)28(4,5)6)25(31)33-26(32)20-15-23(29(7,8)9)18-24(16-20)30(10,11)12/h13-18H,1-12H3,(H3,31,32,33). The molecule has 33 heavy (non-hydrogen) atoms. The lowest BCUT2D eigenvalue weighted by atomic mass is 9.79. The van der Waals surface area contributed by atoms with Crippen LogP contribution in [0.15, 0.2) is 41.4 Å². The Hall–Kier alpha value is -2.42. The summed E-state index contributed by atoms with van der Waals surface area (Å²) in [5, 5.41) is 8.80. The molecule has 0 radical (unpaired) electrons. The predicted octanol–water partition coefficient (Wildman–Crippen LogP) is 7.61. The third-order valence-electron chi connectivity index (χ3n) is 6.13. The van der Waals surface area contributed by atoms with Crippen LogP contribution >= 0.6 is 0 Å². The Morgan fingerprint density at radius 2 is 0.818 bits per heavy atom. The quantitative estimate of drug-likeness (QED) is 0.361. The van der Waals surface area contributed by atoms with Gasteiger partial charge in [0.05, 0.1) is 0 Å². The monoisotopic (exact) mass is 447 g/mol. The van der Waals surface area contributed by atoms with Gasteiger partial charge in [-0.15, -0.1) is 0 Å². The second kappa shape index (κ2) is 8.74. The summed E-state index contributed by atoms with van der Waals surface area (Å²) in [6.07, 6.45) is 0. The van der Waals surface area contributed by atoms with Crippen LogP contribution in [0.25, 0.3) is 0 Å². The average molecular weight is 448 g/mol. The van der Waals surface area contributed by atoms with E-state index in [-0.39, 0.29) is 27.5 Å². The third-order valence-corrected chi connectivity index (χ3v) is 6.13. The van der Waals surface area contributed by atoms with Gasteiger partial charge in [0.2, 0.25) is 0 Å². The van der Waals surface area contributed by atoms with E-state index in [0.717, 1.165) is 11.1 Å². The molecule has 3 nitrogen and oxygen atoms in total. The van der Waals surface area contributed by atoms with Crippen LogP contribution in [0.2, 0.25) is 0 Å². The van der Waals surface area contributed by atoms with Gasteiger partial charge in [-0.2, -0.15) is 0 Å². The highest BCUT2D eigenvalue weighted by molar-refractivity contribution is 6.10. The van der Waals surface area contributed by atoms with Gasteiger partial charge in [0, 0.05) is 11.1 Å². The molecule has 3 N–H and O–H groups in total. The first-order valence-corrected chi connectivity index (χ1v) is 11.9. The lowest BCUT2D eigenvalue weighted by Gasteiger charge is -2.26. The van der Waals surface area contributed by atoms with Crippen molar-refractivity contribution in [3.8, 4) is 0 Å². The molecule has 0 unspecified atom stereocenters. The van der Waals surface area contributed by atoms with Crippen molar-refractivity contribution in [2.45, 2.75) is 105 Å². The summed E-state index contributed by atoms with van der Waals surface area (Å²) in [5.74, 6) is 0.581. The largest absolute Gasteiger partial charge is 0.383 e. The lowest BCUT2D eigenvalue weighted by molar-refractivity contribution is 0.568. The highest BCUT2D eigenvalue weighted by Crippen LogP contribution is 2.32. The molecule has 0 bridgehead atoms. The topological polar surface area (TPSA) is 62.2 Å². The Morgan fingerprint density at radius 1 is 0.545 bits per heavy atom. The molecule has 3 heteroatoms. The normalized spacial score (nSPS) is 13.9. The molecule has 2 aromatic carbocycles. The van der Waals surface area contributed by atoms with Gasteiger partial charge in [0.15, 0.2) is 5.84 Å². The first-order valence-electron chi connectivity index (χ1n) is 11.9. The Kier molecular flexibility index (Phi) is 7.11. The van der Waals surface area contributed by atoms with Gasteiger partial charge in [-0.25, -0.2) is 4.99 Å². The van der Waals surface area contributed by atoms with Crippen molar-refractivity contribution in [1.82, 2.24) is 0 Å². The van der Waals surface area contributed by atoms with Gasteiger partial charge in [0.25, 0.3) is 0 Å². The summed E-state index contributed by atoms with van der Waals surface area (Å²) in [7, 11) is 0. The smallest absolute Gasteiger partial charge is 0.154 e. The van der Waals surface area contributed by atoms with E-state index in [1.54, 1.807) is 0 Å². The van der Waals surface area contributed by atoms with E-state index in [0.29, 0.717) is 5.84 Å². The van der Waals surface area contributed by atoms with Crippen LogP contribution in [-0.4, -0.2) is 11.7 Å². The molecule has 0 aromatic heterocycles. The maximum absolute atomic E-state index is 8.80. The second-order valence-corrected chi connectivity index (χ2v) is 13.4. The number of rotatable bonds is 2. The number of nitrogens with zero attached hydrogens (tertiary/aromatic N) is 1. The van der Waals surface area contributed by atoms with Gasteiger partial charge < -0.3 is 5.73 Å². The van der Waals surface area contributed by atoms with Crippen molar-refractivity contribution in [1.29, 1.82) is 5.41 Å². The van der Waals surface area contributed by atoms with E-state index in [1.165, 1.54) is 22.3 Å². The molecule has 0 heterocycles. The first kappa shape index (κ1) is 26.8. The zero-order valence-corrected chi connectivity index (χ0v) is 23.0. The molecule has 0 aliphatic heterocycles. The number of aliphatic imine (C=N–C) groups is 1. The molecule has 0 saturated carbocycles. The molecular formula is C30H45N3. The van der Waals surface area contributed by atoms with Gasteiger partial charge in [0.1, 0.15) is 5.84 Å². The molecule has 0 atom stereocenters. The van der Waals surface area contributed by atoms with E-state index >= 15 is 0 Å². The van der Waals surface area contributed by atoms with E-state index in [1.807, 2.05) is 0 Å². The van der Waals surface area contributed by atoms with Crippen LogP contribution in [0.4, 0.5) is 0 Å². The fourth-order valence-electron chi connectivity index (χ4n) is 3.52. The Labute approximate surface area is 202 Å². The molecule has 0 fully saturated rings. The lowest BCUT2D eigenvalue weighted by Crippen LogP contribution is -2.22. The van der Waals surface area contributed by atoms with Gasteiger partial charge >= 0.3 is 0 Å². The Morgan fingerprint density at radius 3 is 1.09 bits per heavy atom. The summed E-state index contributed by atoms with van der Waals surface area (Å²) in [5.41, 5.74) is 13.0. The van der Waals surface area contributed by atoms with Crippen molar-refractivity contribution in [3.63, 3.8) is 0 Å². The number of nitrogens with one attached hydrogen (secondary N) is 1. The SMILES string of the molecule is CC(C)(C)c1cc(C(=N)/N=C(\N)c2cc(C(C)(C)C)cc(C(C)(C)C)c2)cc(C(C)(C)C)c1. The fourth-order valence-corrected chi connectivity index (χ4v) is 3.52. The Balaban J connectivity index is 2.62. The van der Waals surface area contributed by atoms with Crippen LogP contribution in [0.3, 0.4) is 0 Å². The van der Waals surface area contributed by atoms with Crippen LogP contribution in [0, 0.1) is 5.41 Å². The minimum atomic E-state index is -0.0196. The third kappa shape index (κ3) is 6.79. The number of benzene rings is 2. The van der Waals surface area contributed by atoms with E-state index in [4.69, 9.17) is 11.1 Å². The zero-order valence-electron chi connectivity index (χ0n) is 23.0. The highest BCUT2D eigenvalue weighted by Gasteiger charge is 2.23. The molecular weight excluding hydrogens is 402 g/mol. The van der Waals surface area contributed by atoms with E-state index in [9.17, 15) is 0 Å². The van der Waals surface area contributed by atoms with Crippen molar-refractivity contribution in [2.24, 2.45) is 10.7 Å². The second-order valence-electron chi connectivity index (χ2n) is 13.4. The maximum atomic E-state index is 8.80. The number of nitrogens with two attached hydrogens (primary N) is 1. The van der Waals surface area contributed by atoms with Crippen LogP contribution in [-0.2, 0) is 21.7 Å². The van der Waals surface area contributed by atoms with Gasteiger partial charge in [-0.1, -0.05) is 95.2 Å². The van der Waals surface area contributed by atoms with E-state index < -0.39 is 0 Å². The van der Waals surface area contributed by atoms with Gasteiger partial charge in [-0.3, -0.25) is 5.41 Å². The predicted molar refractivity (Wildman–Crippen MR) is 145 cm³/mol. The average Bonchev–Trinajstić information content (AvgIpc) is 2.64. The van der Waals surface area contributed by atoms with Crippen molar-refractivity contribution >= 4 is 11.7 Å². The molecule has 2 rings (SSSR count). The molecule has 0 aliphatic rings. The van der Waals surface area contributed by atoms with Gasteiger partial charge in [-0.05, 0) is 68.2 Å². The fraction of sp³-hybridized carbons (Fsp3) is 0.533. The summed E-state index contributed by atoms with van der Waals surface area (Å²) >= 11 is 0. The molecule has 180 valence electrons. The number of hydrogen-bond acceptors (Lipinski definition) is 1. The summed E-state index contributed by atoms with van der Waals surface area (Å²) < 4.78 is 0. The van der Waals surface area contributed by atoms with E-state index in [2.05, 4.69) is 124 Å². The molecule has 0 aliphatic carbocycles. The minimum absolute atomic E-state index is 0.00749. The van der Waals surface area contributed by atoms with Crippen LogP contribution in [0.1, 0.15) is 116 Å². The molecule has 0 spiro atoms. The van der Waals surface area contributed by atoms with Crippen LogP contribution in [0.5, 0.6) is 0 Å². The molecule has 0 amide bonds. The minimum Gasteiger partial charge on any atom is -0.383 e. The summed E-state index contributed by atoms with van der Waals surface area (Å²) in [6.45, 7) is 26.5. The molecule has 2 aromatic rings. The van der Waals surface area contributed by atoms with Crippen molar-refractivity contribution in [2.75, 3.05) is 0 Å².